The number of aliphatic hydroxyl groups is 1. The molecule has 2 N–H and O–H groups in total. The summed E-state index contributed by atoms with van der Waals surface area (Å²) in [5.41, 5.74) is 0. The zero-order valence-corrected chi connectivity index (χ0v) is 8.20. The third kappa shape index (κ3) is 2.03. The van der Waals surface area contributed by atoms with Crippen LogP contribution in [0.1, 0.15) is 32.1 Å². The largest absolute Gasteiger partial charge is 0.393 e. The van der Waals surface area contributed by atoms with Gasteiger partial charge in [-0.2, -0.15) is 0 Å². The molecule has 76 valence electrons. The van der Waals surface area contributed by atoms with Crippen LogP contribution in [0, 0.1) is 0 Å². The Balaban J connectivity index is 1.74. The fraction of sp³-hybridized carbons (Fsp3) is 1.00. The number of methoxy groups -OCH3 is 1. The minimum absolute atomic E-state index is 0.0557. The van der Waals surface area contributed by atoms with Crippen LogP contribution >= 0.6 is 0 Å². The van der Waals surface area contributed by atoms with Crippen LogP contribution in [0.2, 0.25) is 0 Å². The summed E-state index contributed by atoms with van der Waals surface area (Å²) >= 11 is 0. The van der Waals surface area contributed by atoms with Crippen molar-refractivity contribution in [3.63, 3.8) is 0 Å². The Morgan fingerprint density at radius 1 is 1.31 bits per heavy atom. The Kier molecular flexibility index (Phi) is 2.86. The van der Waals surface area contributed by atoms with Crippen LogP contribution in [-0.2, 0) is 4.74 Å². The van der Waals surface area contributed by atoms with Gasteiger partial charge < -0.3 is 15.2 Å². The van der Waals surface area contributed by atoms with Crippen molar-refractivity contribution in [1.29, 1.82) is 0 Å². The third-order valence-electron chi connectivity index (χ3n) is 3.32. The number of ether oxygens (including phenoxy) is 1. The van der Waals surface area contributed by atoms with E-state index >= 15 is 0 Å². The Bertz CT molecular complexity index is 168. The highest BCUT2D eigenvalue weighted by molar-refractivity contribution is 4.92. The molecule has 0 bridgehead atoms. The highest BCUT2D eigenvalue weighted by atomic mass is 16.5. The Morgan fingerprint density at radius 3 is 2.69 bits per heavy atom. The second kappa shape index (κ2) is 3.95. The molecule has 0 radical (unpaired) electrons. The van der Waals surface area contributed by atoms with Crippen molar-refractivity contribution in [3.8, 4) is 0 Å². The number of hydrogen-bond donors (Lipinski definition) is 2. The molecule has 0 aliphatic heterocycles. The molecule has 2 unspecified atom stereocenters. The SMILES string of the molecule is COC1CCCC1NC1CC(O)C1. The van der Waals surface area contributed by atoms with E-state index in [1.54, 1.807) is 7.11 Å². The van der Waals surface area contributed by atoms with Crippen LogP contribution in [0.15, 0.2) is 0 Å². The first kappa shape index (κ1) is 9.44. The van der Waals surface area contributed by atoms with Gasteiger partial charge in [-0.15, -0.1) is 0 Å². The quantitative estimate of drug-likeness (QED) is 0.679. The van der Waals surface area contributed by atoms with Gasteiger partial charge in [0.2, 0.25) is 0 Å². The van der Waals surface area contributed by atoms with Gasteiger partial charge in [0.25, 0.3) is 0 Å². The fourth-order valence-corrected chi connectivity index (χ4v) is 2.43. The van der Waals surface area contributed by atoms with E-state index in [1.165, 1.54) is 19.3 Å². The number of hydrogen-bond acceptors (Lipinski definition) is 3. The zero-order chi connectivity index (χ0) is 9.26. The van der Waals surface area contributed by atoms with E-state index < -0.39 is 0 Å². The van der Waals surface area contributed by atoms with Crippen molar-refractivity contribution >= 4 is 0 Å². The molecule has 2 saturated carbocycles. The monoisotopic (exact) mass is 185 g/mol. The molecule has 0 spiro atoms. The Labute approximate surface area is 79.5 Å². The molecule has 2 atom stereocenters. The van der Waals surface area contributed by atoms with E-state index in [0.717, 1.165) is 12.8 Å². The first-order chi connectivity index (χ1) is 6.29. The van der Waals surface area contributed by atoms with Crippen LogP contribution in [0.5, 0.6) is 0 Å². The summed E-state index contributed by atoms with van der Waals surface area (Å²) in [5.74, 6) is 0. The van der Waals surface area contributed by atoms with Gasteiger partial charge in [-0.3, -0.25) is 0 Å². The lowest BCUT2D eigenvalue weighted by atomic mass is 9.88. The molecule has 2 aliphatic rings. The number of rotatable bonds is 3. The maximum atomic E-state index is 9.14. The summed E-state index contributed by atoms with van der Waals surface area (Å²) in [7, 11) is 1.79. The van der Waals surface area contributed by atoms with Gasteiger partial charge in [0, 0.05) is 19.2 Å². The molecule has 0 amide bonds. The lowest BCUT2D eigenvalue weighted by molar-refractivity contribution is 0.0355. The summed E-state index contributed by atoms with van der Waals surface area (Å²) in [6.45, 7) is 0. The van der Waals surface area contributed by atoms with Crippen LogP contribution in [0.25, 0.3) is 0 Å². The molecule has 0 aromatic rings. The summed E-state index contributed by atoms with van der Waals surface area (Å²) in [6, 6.07) is 1.07. The molecule has 0 aromatic carbocycles. The van der Waals surface area contributed by atoms with Gasteiger partial charge in [-0.25, -0.2) is 0 Å². The van der Waals surface area contributed by atoms with Crippen LogP contribution < -0.4 is 5.32 Å². The predicted molar refractivity (Wildman–Crippen MR) is 50.6 cm³/mol. The topological polar surface area (TPSA) is 41.5 Å². The van der Waals surface area contributed by atoms with Crippen molar-refractivity contribution in [1.82, 2.24) is 5.32 Å². The van der Waals surface area contributed by atoms with Crippen LogP contribution in [0.4, 0.5) is 0 Å². The zero-order valence-electron chi connectivity index (χ0n) is 8.20. The van der Waals surface area contributed by atoms with Crippen molar-refractivity contribution in [2.45, 2.75) is 56.4 Å². The van der Waals surface area contributed by atoms with Gasteiger partial charge in [0.15, 0.2) is 0 Å². The first-order valence-corrected chi connectivity index (χ1v) is 5.26. The molecule has 2 rings (SSSR count). The highest BCUT2D eigenvalue weighted by Crippen LogP contribution is 2.26. The molecule has 3 nitrogen and oxygen atoms in total. The van der Waals surface area contributed by atoms with Gasteiger partial charge in [-0.1, -0.05) is 0 Å². The molecule has 3 heteroatoms. The van der Waals surface area contributed by atoms with Gasteiger partial charge in [0.1, 0.15) is 0 Å². The molecule has 0 saturated heterocycles. The standard InChI is InChI=1S/C10H19NO2/c1-13-10-4-2-3-9(10)11-7-5-8(12)6-7/h7-12H,2-6H2,1H3. The number of aliphatic hydroxyl groups excluding tert-OH is 1. The average molecular weight is 185 g/mol. The average Bonchev–Trinajstić information content (AvgIpc) is 2.49. The van der Waals surface area contributed by atoms with E-state index in [1.807, 2.05) is 0 Å². The summed E-state index contributed by atoms with van der Waals surface area (Å²) in [4.78, 5) is 0. The second-order valence-electron chi connectivity index (χ2n) is 4.30. The predicted octanol–water partition coefficient (Wildman–Crippen LogP) is 0.667. The van der Waals surface area contributed by atoms with Gasteiger partial charge in [0.05, 0.1) is 12.2 Å². The van der Waals surface area contributed by atoms with E-state index in [0.29, 0.717) is 18.2 Å². The summed E-state index contributed by atoms with van der Waals surface area (Å²) in [6.07, 6.45) is 5.87. The van der Waals surface area contributed by atoms with E-state index in [4.69, 9.17) is 9.84 Å². The van der Waals surface area contributed by atoms with Crippen molar-refractivity contribution < 1.29 is 9.84 Å². The lowest BCUT2D eigenvalue weighted by Gasteiger charge is -2.35. The van der Waals surface area contributed by atoms with Crippen molar-refractivity contribution in [2.24, 2.45) is 0 Å². The van der Waals surface area contributed by atoms with Crippen LogP contribution in [0.3, 0.4) is 0 Å². The molecule has 2 fully saturated rings. The molecule has 13 heavy (non-hydrogen) atoms. The maximum Gasteiger partial charge on any atom is 0.0724 e. The Hall–Kier alpha value is -0.120. The number of nitrogens with one attached hydrogen (secondary N) is 1. The summed E-state index contributed by atoms with van der Waals surface area (Å²) in [5, 5.41) is 12.7. The second-order valence-corrected chi connectivity index (χ2v) is 4.30. The molecule has 2 aliphatic carbocycles. The van der Waals surface area contributed by atoms with E-state index in [-0.39, 0.29) is 6.10 Å². The van der Waals surface area contributed by atoms with E-state index in [9.17, 15) is 0 Å². The van der Waals surface area contributed by atoms with Gasteiger partial charge in [-0.05, 0) is 32.1 Å². The molecule has 0 heterocycles. The van der Waals surface area contributed by atoms with Crippen LogP contribution in [-0.4, -0.2) is 36.5 Å². The molecule has 0 aromatic heterocycles. The van der Waals surface area contributed by atoms with Gasteiger partial charge >= 0.3 is 0 Å². The maximum absolute atomic E-state index is 9.14. The highest BCUT2D eigenvalue weighted by Gasteiger charge is 2.33. The van der Waals surface area contributed by atoms with E-state index in [2.05, 4.69) is 5.32 Å². The Morgan fingerprint density at radius 2 is 2.08 bits per heavy atom. The molecular weight excluding hydrogens is 166 g/mol. The third-order valence-corrected chi connectivity index (χ3v) is 3.32. The lowest BCUT2D eigenvalue weighted by Crippen LogP contribution is -2.51. The fourth-order valence-electron chi connectivity index (χ4n) is 2.43. The normalized spacial score (nSPS) is 44.8. The first-order valence-electron chi connectivity index (χ1n) is 5.26. The molecular formula is C10H19NO2. The smallest absolute Gasteiger partial charge is 0.0724 e. The summed E-state index contributed by atoms with van der Waals surface area (Å²) < 4.78 is 5.40. The van der Waals surface area contributed by atoms with Crippen molar-refractivity contribution in [2.75, 3.05) is 7.11 Å². The minimum Gasteiger partial charge on any atom is -0.393 e. The van der Waals surface area contributed by atoms with Crippen molar-refractivity contribution in [3.05, 3.63) is 0 Å². The minimum atomic E-state index is -0.0557.